The van der Waals surface area contributed by atoms with Crippen LogP contribution in [-0.2, 0) is 10.1 Å². The second kappa shape index (κ2) is 5.90. The van der Waals surface area contributed by atoms with E-state index in [1.54, 1.807) is 24.3 Å². The van der Waals surface area contributed by atoms with Crippen LogP contribution in [-0.4, -0.2) is 30.5 Å². The van der Waals surface area contributed by atoms with Gasteiger partial charge in [0.2, 0.25) is 0 Å². The maximum absolute atomic E-state index is 12.5. The number of hydrogen-bond acceptors (Lipinski definition) is 6. The molecule has 3 aromatic carbocycles. The largest absolute Gasteiger partial charge is 0.379 e. The fourth-order valence-corrected chi connectivity index (χ4v) is 3.91. The molecule has 1 aliphatic rings. The summed E-state index contributed by atoms with van der Waals surface area (Å²) in [7, 11) is -4.11. The lowest BCUT2D eigenvalue weighted by molar-refractivity contribution is -0.0377. The molecule has 1 aliphatic heterocycles. The quantitative estimate of drug-likeness (QED) is 0.424. The second-order valence-electron chi connectivity index (χ2n) is 6.15. The van der Waals surface area contributed by atoms with Crippen LogP contribution in [0.2, 0.25) is 0 Å². The molecular weight excluding hydrogens is 370 g/mol. The molecule has 3 aromatic rings. The summed E-state index contributed by atoms with van der Waals surface area (Å²) in [6.07, 6.45) is 0. The van der Waals surface area contributed by atoms with E-state index >= 15 is 0 Å². The Kier molecular flexibility index (Phi) is 3.76. The maximum atomic E-state index is 12.5. The van der Waals surface area contributed by atoms with Crippen molar-refractivity contribution in [2.45, 2.75) is 11.8 Å². The Hall–Kier alpha value is -3.23. The van der Waals surface area contributed by atoms with Crippen molar-refractivity contribution >= 4 is 32.7 Å². The van der Waals surface area contributed by atoms with Crippen LogP contribution in [0, 0.1) is 6.92 Å². The first kappa shape index (κ1) is 17.2. The predicted octanol–water partition coefficient (Wildman–Crippen LogP) is 2.90. The van der Waals surface area contributed by atoms with Crippen LogP contribution in [0.25, 0.3) is 10.8 Å². The molecular formula is C19H13NO6S. The molecule has 0 bridgehead atoms. The predicted molar refractivity (Wildman–Crippen MR) is 95.2 cm³/mol. The highest BCUT2D eigenvalue weighted by molar-refractivity contribution is 7.87. The first-order valence-electron chi connectivity index (χ1n) is 7.93. The van der Waals surface area contributed by atoms with E-state index in [1.165, 1.54) is 30.3 Å². The molecule has 2 amide bonds. The summed E-state index contributed by atoms with van der Waals surface area (Å²) in [4.78, 5) is 24.3. The van der Waals surface area contributed by atoms with E-state index in [9.17, 15) is 23.2 Å². The van der Waals surface area contributed by atoms with Crippen molar-refractivity contribution in [3.05, 3.63) is 71.3 Å². The maximum Gasteiger partial charge on any atom is 0.339 e. The molecule has 0 saturated carbocycles. The summed E-state index contributed by atoms with van der Waals surface area (Å²) >= 11 is 0. The molecule has 0 aromatic heterocycles. The number of aryl methyl sites for hydroxylation is 1. The topological polar surface area (TPSA) is 101 Å². The molecule has 0 radical (unpaired) electrons. The minimum atomic E-state index is -4.11. The fourth-order valence-electron chi connectivity index (χ4n) is 3.00. The molecule has 27 heavy (non-hydrogen) atoms. The lowest BCUT2D eigenvalue weighted by atomic mass is 9.95. The van der Waals surface area contributed by atoms with E-state index in [1.807, 2.05) is 6.92 Å². The number of carbonyl (C=O) groups is 2. The summed E-state index contributed by atoms with van der Waals surface area (Å²) in [6.45, 7) is 1.83. The molecule has 136 valence electrons. The van der Waals surface area contributed by atoms with E-state index in [0.717, 1.165) is 5.56 Å². The normalized spacial score (nSPS) is 13.9. The van der Waals surface area contributed by atoms with Crippen molar-refractivity contribution in [2.75, 3.05) is 0 Å². The summed E-state index contributed by atoms with van der Waals surface area (Å²) in [5, 5.41) is 10.6. The molecule has 7 nitrogen and oxygen atoms in total. The van der Waals surface area contributed by atoms with E-state index in [2.05, 4.69) is 0 Å². The zero-order valence-electron chi connectivity index (χ0n) is 14.0. The van der Waals surface area contributed by atoms with Gasteiger partial charge in [-0.25, -0.2) is 0 Å². The van der Waals surface area contributed by atoms with Gasteiger partial charge in [0.15, 0.2) is 0 Å². The molecule has 0 aliphatic carbocycles. The molecule has 4 rings (SSSR count). The van der Waals surface area contributed by atoms with Crippen LogP contribution >= 0.6 is 0 Å². The Morgan fingerprint density at radius 3 is 2.30 bits per heavy atom. The van der Waals surface area contributed by atoms with Crippen LogP contribution in [0.5, 0.6) is 5.75 Å². The Bertz CT molecular complexity index is 1210. The van der Waals surface area contributed by atoms with E-state index in [-0.39, 0.29) is 26.8 Å². The highest BCUT2D eigenvalue weighted by Gasteiger charge is 2.33. The number of hydroxylamine groups is 2. The summed E-state index contributed by atoms with van der Waals surface area (Å²) in [5.74, 6) is -1.87. The van der Waals surface area contributed by atoms with Crippen molar-refractivity contribution in [1.29, 1.82) is 0 Å². The minimum Gasteiger partial charge on any atom is -0.379 e. The average molecular weight is 383 g/mol. The molecule has 0 saturated heterocycles. The third-order valence-corrected chi connectivity index (χ3v) is 5.57. The van der Waals surface area contributed by atoms with Gasteiger partial charge in [-0.15, -0.1) is 5.06 Å². The van der Waals surface area contributed by atoms with Crippen molar-refractivity contribution in [3.63, 3.8) is 0 Å². The van der Waals surface area contributed by atoms with Crippen molar-refractivity contribution in [3.8, 4) is 5.75 Å². The van der Waals surface area contributed by atoms with Crippen LogP contribution < -0.4 is 4.18 Å². The Morgan fingerprint density at radius 1 is 0.926 bits per heavy atom. The number of hydrogen-bond donors (Lipinski definition) is 1. The van der Waals surface area contributed by atoms with Crippen LogP contribution in [0.4, 0.5) is 0 Å². The second-order valence-corrected chi connectivity index (χ2v) is 7.69. The molecule has 0 fully saturated rings. The number of nitrogens with zero attached hydrogens (tertiary/aromatic N) is 1. The van der Waals surface area contributed by atoms with Gasteiger partial charge < -0.3 is 4.18 Å². The van der Waals surface area contributed by atoms with Crippen molar-refractivity contribution < 1.29 is 27.4 Å². The minimum absolute atomic E-state index is 0.00928. The van der Waals surface area contributed by atoms with Gasteiger partial charge in [-0.05, 0) is 42.6 Å². The molecule has 0 atom stereocenters. The monoisotopic (exact) mass is 383 g/mol. The third-order valence-electron chi connectivity index (χ3n) is 4.31. The fraction of sp³-hybridized carbons (Fsp3) is 0.0526. The SMILES string of the molecule is Cc1ccc(S(=O)(=O)Oc2cc3c4c(cccc4c2)C(=O)N(O)C3=O)cc1. The lowest BCUT2D eigenvalue weighted by Crippen LogP contribution is -2.37. The highest BCUT2D eigenvalue weighted by Crippen LogP contribution is 2.34. The van der Waals surface area contributed by atoms with E-state index in [0.29, 0.717) is 10.8 Å². The van der Waals surface area contributed by atoms with Gasteiger partial charge in [0.1, 0.15) is 10.6 Å². The third kappa shape index (κ3) is 2.75. The molecule has 0 unspecified atom stereocenters. The van der Waals surface area contributed by atoms with Crippen molar-refractivity contribution in [1.82, 2.24) is 5.06 Å². The standard InChI is InChI=1S/C19H13NO6S/c1-11-5-7-14(8-6-11)27(24,25)26-13-9-12-3-2-4-15-17(12)16(10-13)19(22)20(23)18(15)21/h2-10,23H,1H3. The van der Waals surface area contributed by atoms with Crippen molar-refractivity contribution in [2.24, 2.45) is 0 Å². The zero-order chi connectivity index (χ0) is 19.3. The molecule has 8 heteroatoms. The van der Waals surface area contributed by atoms with Gasteiger partial charge in [0.05, 0.1) is 11.1 Å². The summed E-state index contributed by atoms with van der Waals surface area (Å²) < 4.78 is 30.2. The molecule has 1 heterocycles. The Labute approximate surface area is 154 Å². The molecule has 1 N–H and O–H groups in total. The number of benzene rings is 3. The number of rotatable bonds is 3. The van der Waals surface area contributed by atoms with E-state index in [4.69, 9.17) is 4.18 Å². The van der Waals surface area contributed by atoms with Gasteiger partial charge in [-0.2, -0.15) is 8.42 Å². The van der Waals surface area contributed by atoms with Crippen LogP contribution in [0.3, 0.4) is 0 Å². The van der Waals surface area contributed by atoms with Crippen LogP contribution in [0.15, 0.2) is 59.5 Å². The first-order chi connectivity index (χ1) is 12.8. The highest BCUT2D eigenvalue weighted by atomic mass is 32.2. The van der Waals surface area contributed by atoms with Crippen LogP contribution in [0.1, 0.15) is 26.3 Å². The summed E-state index contributed by atoms with van der Waals surface area (Å²) in [5.41, 5.74) is 1.03. The lowest BCUT2D eigenvalue weighted by Gasteiger charge is -2.22. The zero-order valence-corrected chi connectivity index (χ0v) is 14.9. The number of imide groups is 1. The summed E-state index contributed by atoms with van der Waals surface area (Å²) in [6, 6.07) is 13.4. The van der Waals surface area contributed by atoms with Gasteiger partial charge in [-0.1, -0.05) is 29.8 Å². The Balaban J connectivity index is 1.84. The molecule has 0 spiro atoms. The average Bonchev–Trinajstić information content (AvgIpc) is 2.64. The van der Waals surface area contributed by atoms with Gasteiger partial charge in [0.25, 0.3) is 11.8 Å². The van der Waals surface area contributed by atoms with Gasteiger partial charge in [-0.3, -0.25) is 14.8 Å². The first-order valence-corrected chi connectivity index (χ1v) is 9.34. The Morgan fingerprint density at radius 2 is 1.59 bits per heavy atom. The van der Waals surface area contributed by atoms with Gasteiger partial charge in [0, 0.05) is 5.39 Å². The smallest absolute Gasteiger partial charge is 0.339 e. The van der Waals surface area contributed by atoms with E-state index < -0.39 is 21.9 Å². The van der Waals surface area contributed by atoms with Gasteiger partial charge >= 0.3 is 10.1 Å². The number of amides is 2. The number of carbonyl (C=O) groups excluding carboxylic acids is 2.